The van der Waals surface area contributed by atoms with Crippen LogP contribution >= 0.6 is 23.1 Å². The first kappa shape index (κ1) is 12.1. The lowest BCUT2D eigenvalue weighted by atomic mass is 10.1. The van der Waals surface area contributed by atoms with E-state index in [0.29, 0.717) is 5.25 Å². The molecule has 2 N–H and O–H groups in total. The van der Waals surface area contributed by atoms with Crippen LogP contribution in [-0.4, -0.2) is 11.8 Å². The van der Waals surface area contributed by atoms with Gasteiger partial charge in [0.1, 0.15) is 0 Å². The zero-order valence-electron chi connectivity index (χ0n) is 8.90. The Morgan fingerprint density at radius 1 is 1.57 bits per heavy atom. The van der Waals surface area contributed by atoms with Gasteiger partial charge in [0.25, 0.3) is 0 Å². The lowest BCUT2D eigenvalue weighted by Crippen LogP contribution is -2.22. The quantitative estimate of drug-likeness (QED) is 0.753. The molecule has 0 fully saturated rings. The maximum Gasteiger partial charge on any atom is 0.0453 e. The molecule has 1 heterocycles. The Labute approximate surface area is 95.1 Å². The highest BCUT2D eigenvalue weighted by molar-refractivity contribution is 7.99. The van der Waals surface area contributed by atoms with Gasteiger partial charge in [-0.1, -0.05) is 13.3 Å². The van der Waals surface area contributed by atoms with E-state index in [9.17, 15) is 0 Å². The van der Waals surface area contributed by atoms with E-state index in [1.807, 2.05) is 11.8 Å². The minimum Gasteiger partial charge on any atom is -0.327 e. The molecule has 0 aromatic carbocycles. The summed E-state index contributed by atoms with van der Waals surface area (Å²) < 4.78 is 0. The Kier molecular flexibility index (Phi) is 5.60. The summed E-state index contributed by atoms with van der Waals surface area (Å²) in [5, 5.41) is 4.82. The molecule has 2 atom stereocenters. The summed E-state index contributed by atoms with van der Waals surface area (Å²) in [4.78, 5) is 0. The number of hydrogen-bond acceptors (Lipinski definition) is 3. The maximum atomic E-state index is 5.99. The van der Waals surface area contributed by atoms with Gasteiger partial charge in [-0.05, 0) is 41.5 Å². The molecule has 0 aliphatic rings. The average Bonchev–Trinajstić information content (AvgIpc) is 2.64. The van der Waals surface area contributed by atoms with E-state index in [2.05, 4.69) is 30.7 Å². The minimum absolute atomic E-state index is 0.242. The summed E-state index contributed by atoms with van der Waals surface area (Å²) in [6.07, 6.45) is 2.56. The number of nitrogens with two attached hydrogens (primary N) is 1. The number of hydrogen-bond donors (Lipinski definition) is 1. The largest absolute Gasteiger partial charge is 0.327 e. The lowest BCUT2D eigenvalue weighted by molar-refractivity contribution is 0.721. The number of thioether (sulfide) groups is 1. The van der Waals surface area contributed by atoms with Crippen LogP contribution in [0.5, 0.6) is 0 Å². The number of rotatable bonds is 6. The van der Waals surface area contributed by atoms with Gasteiger partial charge in [-0.25, -0.2) is 0 Å². The van der Waals surface area contributed by atoms with Gasteiger partial charge < -0.3 is 5.73 Å². The summed E-state index contributed by atoms with van der Waals surface area (Å²) in [6.45, 7) is 4.33. The molecule has 3 heteroatoms. The van der Waals surface area contributed by atoms with Crippen LogP contribution in [-0.2, 0) is 0 Å². The Morgan fingerprint density at radius 2 is 2.36 bits per heavy atom. The fourth-order valence-electron chi connectivity index (χ4n) is 1.34. The third-order valence-corrected chi connectivity index (χ3v) is 4.43. The summed E-state index contributed by atoms with van der Waals surface area (Å²) in [5.74, 6) is 1.22. The van der Waals surface area contributed by atoms with Crippen LogP contribution in [0.3, 0.4) is 0 Å². The standard InChI is InChI=1S/C11H19NS2/c1-3-4-6-14-11(9(2)12)10-5-7-13-8-10/h5,7-9,11H,3-4,6,12H2,1-2H3. The van der Waals surface area contributed by atoms with E-state index >= 15 is 0 Å². The van der Waals surface area contributed by atoms with Crippen molar-refractivity contribution in [2.45, 2.75) is 38.0 Å². The molecule has 1 aromatic rings. The van der Waals surface area contributed by atoms with Gasteiger partial charge in [-0.2, -0.15) is 23.1 Å². The van der Waals surface area contributed by atoms with Crippen molar-refractivity contribution in [1.29, 1.82) is 0 Å². The molecular weight excluding hydrogens is 210 g/mol. The van der Waals surface area contributed by atoms with Crippen LogP contribution in [0.25, 0.3) is 0 Å². The highest BCUT2D eigenvalue weighted by Gasteiger charge is 2.16. The summed E-state index contributed by atoms with van der Waals surface area (Å²) >= 11 is 3.75. The molecular formula is C11H19NS2. The third-order valence-electron chi connectivity index (χ3n) is 2.14. The zero-order chi connectivity index (χ0) is 10.4. The normalized spacial score (nSPS) is 15.4. The maximum absolute atomic E-state index is 5.99. The second kappa shape index (κ2) is 6.49. The number of thiophene rings is 1. The smallest absolute Gasteiger partial charge is 0.0453 e. The topological polar surface area (TPSA) is 26.0 Å². The Bertz CT molecular complexity index is 231. The van der Waals surface area contributed by atoms with Crippen molar-refractivity contribution in [3.05, 3.63) is 22.4 Å². The molecule has 1 aromatic heterocycles. The van der Waals surface area contributed by atoms with Crippen LogP contribution in [0.1, 0.15) is 37.5 Å². The van der Waals surface area contributed by atoms with Crippen LogP contribution in [0, 0.1) is 0 Å². The molecule has 0 aliphatic carbocycles. The van der Waals surface area contributed by atoms with E-state index in [1.165, 1.54) is 24.2 Å². The van der Waals surface area contributed by atoms with E-state index in [1.54, 1.807) is 11.3 Å². The third kappa shape index (κ3) is 3.64. The highest BCUT2D eigenvalue weighted by Crippen LogP contribution is 2.33. The molecule has 0 saturated heterocycles. The van der Waals surface area contributed by atoms with Crippen molar-refractivity contribution in [2.75, 3.05) is 5.75 Å². The second-order valence-corrected chi connectivity index (χ2v) is 5.59. The molecule has 0 radical (unpaired) electrons. The van der Waals surface area contributed by atoms with E-state index < -0.39 is 0 Å². The van der Waals surface area contributed by atoms with Crippen LogP contribution in [0.15, 0.2) is 16.8 Å². The molecule has 0 bridgehead atoms. The van der Waals surface area contributed by atoms with E-state index in [4.69, 9.17) is 5.73 Å². The van der Waals surface area contributed by atoms with Crippen LogP contribution in [0.4, 0.5) is 0 Å². The Hall–Kier alpha value is 0.01000. The fraction of sp³-hybridized carbons (Fsp3) is 0.636. The number of unbranched alkanes of at least 4 members (excludes halogenated alkanes) is 1. The van der Waals surface area contributed by atoms with Gasteiger partial charge in [-0.15, -0.1) is 0 Å². The molecule has 0 aliphatic heterocycles. The van der Waals surface area contributed by atoms with Crippen molar-refractivity contribution in [3.8, 4) is 0 Å². The molecule has 0 amide bonds. The van der Waals surface area contributed by atoms with Crippen molar-refractivity contribution in [1.82, 2.24) is 0 Å². The van der Waals surface area contributed by atoms with E-state index in [-0.39, 0.29) is 6.04 Å². The molecule has 0 spiro atoms. The minimum atomic E-state index is 0.242. The first-order valence-corrected chi connectivity index (χ1v) is 7.14. The molecule has 1 rings (SSSR count). The Balaban J connectivity index is 2.48. The molecule has 2 unspecified atom stereocenters. The van der Waals surface area contributed by atoms with Gasteiger partial charge >= 0.3 is 0 Å². The SMILES string of the molecule is CCCCSC(c1ccsc1)C(C)N. The predicted molar refractivity (Wildman–Crippen MR) is 68.1 cm³/mol. The van der Waals surface area contributed by atoms with Gasteiger partial charge in [0.2, 0.25) is 0 Å². The monoisotopic (exact) mass is 229 g/mol. The van der Waals surface area contributed by atoms with Gasteiger partial charge in [0.15, 0.2) is 0 Å². The van der Waals surface area contributed by atoms with E-state index in [0.717, 1.165) is 0 Å². The van der Waals surface area contributed by atoms with Gasteiger partial charge in [0, 0.05) is 11.3 Å². The summed E-state index contributed by atoms with van der Waals surface area (Å²) in [6, 6.07) is 2.43. The average molecular weight is 229 g/mol. The van der Waals surface area contributed by atoms with Crippen molar-refractivity contribution in [3.63, 3.8) is 0 Å². The lowest BCUT2D eigenvalue weighted by Gasteiger charge is -2.19. The van der Waals surface area contributed by atoms with Crippen molar-refractivity contribution >= 4 is 23.1 Å². The first-order chi connectivity index (χ1) is 6.75. The first-order valence-electron chi connectivity index (χ1n) is 5.15. The van der Waals surface area contributed by atoms with Crippen molar-refractivity contribution in [2.24, 2.45) is 5.73 Å². The second-order valence-electron chi connectivity index (χ2n) is 3.56. The van der Waals surface area contributed by atoms with Gasteiger partial charge in [-0.3, -0.25) is 0 Å². The Morgan fingerprint density at radius 3 is 2.86 bits per heavy atom. The van der Waals surface area contributed by atoms with Gasteiger partial charge in [0.05, 0.1) is 0 Å². The fourth-order valence-corrected chi connectivity index (χ4v) is 3.48. The van der Waals surface area contributed by atoms with Crippen LogP contribution in [0.2, 0.25) is 0 Å². The molecule has 80 valence electrons. The molecule has 0 saturated carbocycles. The van der Waals surface area contributed by atoms with Crippen LogP contribution < -0.4 is 5.73 Å². The summed E-state index contributed by atoms with van der Waals surface area (Å²) in [7, 11) is 0. The highest BCUT2D eigenvalue weighted by atomic mass is 32.2. The molecule has 14 heavy (non-hydrogen) atoms. The zero-order valence-corrected chi connectivity index (χ0v) is 10.5. The van der Waals surface area contributed by atoms with Crippen molar-refractivity contribution < 1.29 is 0 Å². The predicted octanol–water partition coefficient (Wildman–Crippen LogP) is 3.67. The molecule has 1 nitrogen and oxygen atoms in total. The summed E-state index contributed by atoms with van der Waals surface area (Å²) in [5.41, 5.74) is 7.39.